The molecule has 1 saturated heterocycles. The van der Waals surface area contributed by atoms with Gasteiger partial charge in [-0.2, -0.15) is 0 Å². The SMILES string of the molecule is COc1ccc(OCC(=O)N[C@H]2CCS(=O)(=O)C2)c(C(=O)O)c1. The number of carbonyl (C=O) groups is 2. The van der Waals surface area contributed by atoms with Gasteiger partial charge in [0.25, 0.3) is 5.91 Å². The number of hydrogen-bond acceptors (Lipinski definition) is 6. The Kier molecular flexibility index (Phi) is 5.09. The Morgan fingerprint density at radius 3 is 2.70 bits per heavy atom. The van der Waals surface area contributed by atoms with Crippen LogP contribution in [-0.4, -0.2) is 56.7 Å². The lowest BCUT2D eigenvalue weighted by Gasteiger charge is -2.13. The van der Waals surface area contributed by atoms with E-state index in [-0.39, 0.29) is 22.8 Å². The molecule has 23 heavy (non-hydrogen) atoms. The first-order valence-electron chi connectivity index (χ1n) is 6.84. The van der Waals surface area contributed by atoms with Gasteiger partial charge in [0.05, 0.1) is 18.6 Å². The minimum absolute atomic E-state index is 0.0347. The highest BCUT2D eigenvalue weighted by Crippen LogP contribution is 2.24. The molecule has 0 unspecified atom stereocenters. The van der Waals surface area contributed by atoms with Gasteiger partial charge >= 0.3 is 5.97 Å². The Morgan fingerprint density at radius 1 is 1.39 bits per heavy atom. The molecule has 1 heterocycles. The molecule has 1 aliphatic rings. The molecule has 126 valence electrons. The summed E-state index contributed by atoms with van der Waals surface area (Å²) in [6.07, 6.45) is 0.372. The molecule has 1 fully saturated rings. The summed E-state index contributed by atoms with van der Waals surface area (Å²) in [4.78, 5) is 23.0. The highest BCUT2D eigenvalue weighted by molar-refractivity contribution is 7.91. The van der Waals surface area contributed by atoms with Crippen LogP contribution in [-0.2, 0) is 14.6 Å². The normalized spacial score (nSPS) is 19.1. The van der Waals surface area contributed by atoms with E-state index < -0.39 is 34.4 Å². The van der Waals surface area contributed by atoms with Crippen molar-refractivity contribution in [3.05, 3.63) is 23.8 Å². The predicted octanol–water partition coefficient (Wildman–Crippen LogP) is 0.0755. The molecule has 1 aromatic carbocycles. The van der Waals surface area contributed by atoms with E-state index in [1.165, 1.54) is 25.3 Å². The number of aromatic carboxylic acids is 1. The van der Waals surface area contributed by atoms with E-state index in [2.05, 4.69) is 5.32 Å². The second-order valence-electron chi connectivity index (χ2n) is 5.12. The second-order valence-corrected chi connectivity index (χ2v) is 7.35. The summed E-state index contributed by atoms with van der Waals surface area (Å²) in [5, 5.41) is 11.7. The summed E-state index contributed by atoms with van der Waals surface area (Å²) in [5.74, 6) is -1.34. The van der Waals surface area contributed by atoms with E-state index in [1.54, 1.807) is 0 Å². The third-order valence-corrected chi connectivity index (χ3v) is 5.14. The molecule has 2 rings (SSSR count). The zero-order valence-electron chi connectivity index (χ0n) is 12.4. The summed E-state index contributed by atoms with van der Waals surface area (Å²) in [5.41, 5.74) is -0.124. The number of carboxylic acid groups (broad SMARTS) is 1. The van der Waals surface area contributed by atoms with Gasteiger partial charge in [-0.3, -0.25) is 4.79 Å². The molecule has 1 amide bonds. The molecule has 0 spiro atoms. The number of carboxylic acids is 1. The highest BCUT2D eigenvalue weighted by Gasteiger charge is 2.29. The number of sulfone groups is 1. The van der Waals surface area contributed by atoms with Gasteiger partial charge in [-0.05, 0) is 24.6 Å². The lowest BCUT2D eigenvalue weighted by molar-refractivity contribution is -0.123. The molecule has 1 atom stereocenters. The van der Waals surface area contributed by atoms with Crippen LogP contribution in [0, 0.1) is 0 Å². The summed E-state index contributed by atoms with van der Waals surface area (Å²) in [6, 6.07) is 3.78. The lowest BCUT2D eigenvalue weighted by Crippen LogP contribution is -2.38. The summed E-state index contributed by atoms with van der Waals surface area (Å²) >= 11 is 0. The fourth-order valence-electron chi connectivity index (χ4n) is 2.25. The molecule has 0 saturated carbocycles. The first-order valence-corrected chi connectivity index (χ1v) is 8.67. The average molecular weight is 343 g/mol. The van der Waals surface area contributed by atoms with Gasteiger partial charge < -0.3 is 19.9 Å². The van der Waals surface area contributed by atoms with Crippen molar-refractivity contribution in [2.45, 2.75) is 12.5 Å². The Morgan fingerprint density at radius 2 is 2.13 bits per heavy atom. The number of ether oxygens (including phenoxy) is 2. The number of benzene rings is 1. The van der Waals surface area contributed by atoms with Gasteiger partial charge in [-0.1, -0.05) is 0 Å². The lowest BCUT2D eigenvalue weighted by atomic mass is 10.2. The summed E-state index contributed by atoms with van der Waals surface area (Å²) < 4.78 is 32.8. The molecule has 0 bridgehead atoms. The first-order chi connectivity index (χ1) is 10.8. The van der Waals surface area contributed by atoms with E-state index in [9.17, 15) is 18.0 Å². The number of hydrogen-bond donors (Lipinski definition) is 2. The summed E-state index contributed by atoms with van der Waals surface area (Å²) in [7, 11) is -1.67. The van der Waals surface area contributed by atoms with Crippen LogP contribution in [0.15, 0.2) is 18.2 Å². The van der Waals surface area contributed by atoms with Gasteiger partial charge in [0.15, 0.2) is 16.4 Å². The predicted molar refractivity (Wildman–Crippen MR) is 80.6 cm³/mol. The number of amides is 1. The zero-order valence-corrected chi connectivity index (χ0v) is 13.3. The van der Waals surface area contributed by atoms with Crippen molar-refractivity contribution < 1.29 is 32.6 Å². The fourth-order valence-corrected chi connectivity index (χ4v) is 3.92. The third-order valence-electron chi connectivity index (χ3n) is 3.37. The molecule has 1 aromatic rings. The van der Waals surface area contributed by atoms with Gasteiger partial charge in [0.2, 0.25) is 0 Å². The maximum Gasteiger partial charge on any atom is 0.339 e. The van der Waals surface area contributed by atoms with Gasteiger partial charge in [-0.15, -0.1) is 0 Å². The Balaban J connectivity index is 1.95. The smallest absolute Gasteiger partial charge is 0.339 e. The van der Waals surface area contributed by atoms with Crippen LogP contribution in [0.4, 0.5) is 0 Å². The van der Waals surface area contributed by atoms with Crippen LogP contribution in [0.2, 0.25) is 0 Å². The number of carbonyl (C=O) groups excluding carboxylic acids is 1. The molecular formula is C14H17NO7S. The van der Waals surface area contributed by atoms with Crippen LogP contribution in [0.25, 0.3) is 0 Å². The van der Waals surface area contributed by atoms with E-state index in [4.69, 9.17) is 14.6 Å². The minimum Gasteiger partial charge on any atom is -0.497 e. The Bertz CT molecular complexity index is 714. The quantitative estimate of drug-likeness (QED) is 0.750. The number of methoxy groups -OCH3 is 1. The number of nitrogens with one attached hydrogen (secondary N) is 1. The van der Waals surface area contributed by atoms with E-state index >= 15 is 0 Å². The topological polar surface area (TPSA) is 119 Å². The minimum atomic E-state index is -3.08. The molecule has 0 aliphatic carbocycles. The van der Waals surface area contributed by atoms with Gasteiger partial charge in [0.1, 0.15) is 17.1 Å². The van der Waals surface area contributed by atoms with E-state index in [0.717, 1.165) is 0 Å². The van der Waals surface area contributed by atoms with Crippen molar-refractivity contribution in [3.63, 3.8) is 0 Å². The Labute approximate surface area is 133 Å². The van der Waals surface area contributed by atoms with Crippen LogP contribution in [0.5, 0.6) is 11.5 Å². The van der Waals surface area contributed by atoms with Crippen LogP contribution < -0.4 is 14.8 Å². The van der Waals surface area contributed by atoms with Gasteiger partial charge in [0, 0.05) is 6.04 Å². The standard InChI is InChI=1S/C14H17NO7S/c1-21-10-2-3-12(11(6-10)14(17)18)22-7-13(16)15-9-4-5-23(19,20)8-9/h2-3,6,9H,4-5,7-8H2,1H3,(H,15,16)(H,17,18)/t9-/m0/s1. The second kappa shape index (κ2) is 6.86. The van der Waals surface area contributed by atoms with Gasteiger partial charge in [-0.25, -0.2) is 13.2 Å². The third kappa shape index (κ3) is 4.59. The van der Waals surface area contributed by atoms with Crippen LogP contribution in [0.3, 0.4) is 0 Å². The van der Waals surface area contributed by atoms with Crippen molar-refractivity contribution >= 4 is 21.7 Å². The maximum atomic E-state index is 11.8. The molecule has 0 radical (unpaired) electrons. The summed E-state index contributed by atoms with van der Waals surface area (Å²) in [6.45, 7) is -0.400. The van der Waals surface area contributed by atoms with Crippen molar-refractivity contribution in [1.82, 2.24) is 5.32 Å². The number of rotatable bonds is 6. The van der Waals surface area contributed by atoms with Crippen molar-refractivity contribution in [3.8, 4) is 11.5 Å². The zero-order chi connectivity index (χ0) is 17.0. The highest BCUT2D eigenvalue weighted by atomic mass is 32.2. The van der Waals surface area contributed by atoms with Crippen molar-refractivity contribution in [2.24, 2.45) is 0 Å². The first kappa shape index (κ1) is 17.1. The fraction of sp³-hybridized carbons (Fsp3) is 0.429. The van der Waals surface area contributed by atoms with E-state index in [1.807, 2.05) is 0 Å². The Hall–Kier alpha value is -2.29. The molecule has 9 heteroatoms. The largest absolute Gasteiger partial charge is 0.497 e. The molecular weight excluding hydrogens is 326 g/mol. The molecule has 1 aliphatic heterocycles. The van der Waals surface area contributed by atoms with Crippen LogP contribution >= 0.6 is 0 Å². The molecule has 8 nitrogen and oxygen atoms in total. The average Bonchev–Trinajstić information content (AvgIpc) is 2.83. The monoisotopic (exact) mass is 343 g/mol. The van der Waals surface area contributed by atoms with Crippen molar-refractivity contribution in [1.29, 1.82) is 0 Å². The van der Waals surface area contributed by atoms with E-state index in [0.29, 0.717) is 12.2 Å². The molecule has 0 aromatic heterocycles. The maximum absolute atomic E-state index is 11.8. The molecule has 2 N–H and O–H groups in total. The van der Waals surface area contributed by atoms with Crippen LogP contribution in [0.1, 0.15) is 16.8 Å². The van der Waals surface area contributed by atoms with Crippen molar-refractivity contribution in [2.75, 3.05) is 25.2 Å².